The van der Waals surface area contributed by atoms with Gasteiger partial charge in [-0.15, -0.1) is 0 Å². The largest absolute Gasteiger partial charge is 0.357 e. The molecule has 1 aromatic heterocycles. The lowest BCUT2D eigenvalue weighted by Gasteiger charge is -2.27. The van der Waals surface area contributed by atoms with Crippen molar-refractivity contribution in [2.24, 2.45) is 5.92 Å². The van der Waals surface area contributed by atoms with Crippen LogP contribution in [-0.4, -0.2) is 24.6 Å². The molecule has 1 heterocycles. The molecule has 1 unspecified atom stereocenters. The number of rotatable bonds is 7. The number of nitrogens with one attached hydrogen (secondary N) is 1. The summed E-state index contributed by atoms with van der Waals surface area (Å²) in [6.07, 6.45) is 2.75. The molecule has 0 bridgehead atoms. The van der Waals surface area contributed by atoms with E-state index in [1.807, 2.05) is 0 Å². The maximum absolute atomic E-state index is 4.87. The Morgan fingerprint density at radius 3 is 2.55 bits per heavy atom. The van der Waals surface area contributed by atoms with Crippen molar-refractivity contribution < 1.29 is 0 Å². The summed E-state index contributed by atoms with van der Waals surface area (Å²) in [4.78, 5) is 7.23. The molecule has 2 rings (SSSR count). The van der Waals surface area contributed by atoms with Gasteiger partial charge in [0.2, 0.25) is 0 Å². The van der Waals surface area contributed by atoms with E-state index in [9.17, 15) is 0 Å². The van der Waals surface area contributed by atoms with Gasteiger partial charge in [0.1, 0.15) is 5.82 Å². The minimum Gasteiger partial charge on any atom is -0.357 e. The summed E-state index contributed by atoms with van der Waals surface area (Å²) in [5.41, 5.74) is 2.54. The molecule has 20 heavy (non-hydrogen) atoms. The van der Waals surface area contributed by atoms with Crippen LogP contribution in [0.2, 0.25) is 0 Å². The van der Waals surface area contributed by atoms with Crippen LogP contribution in [0.25, 0.3) is 0 Å². The van der Waals surface area contributed by atoms with Gasteiger partial charge in [-0.25, -0.2) is 4.98 Å². The fourth-order valence-corrected chi connectivity index (χ4v) is 2.55. The van der Waals surface area contributed by atoms with Crippen molar-refractivity contribution >= 4 is 5.82 Å². The van der Waals surface area contributed by atoms with Crippen LogP contribution in [0.3, 0.4) is 0 Å². The van der Waals surface area contributed by atoms with E-state index >= 15 is 0 Å². The maximum Gasteiger partial charge on any atom is 0.129 e. The zero-order valence-corrected chi connectivity index (χ0v) is 13.6. The Hall–Kier alpha value is -1.09. The summed E-state index contributed by atoms with van der Waals surface area (Å²) in [5.74, 6) is 2.46. The quantitative estimate of drug-likeness (QED) is 0.825. The third-order valence-electron chi connectivity index (χ3n) is 4.34. The molecule has 1 atom stereocenters. The van der Waals surface area contributed by atoms with Crippen LogP contribution in [0.5, 0.6) is 0 Å². The Labute approximate surface area is 123 Å². The van der Waals surface area contributed by atoms with Crippen molar-refractivity contribution in [1.29, 1.82) is 0 Å². The summed E-state index contributed by atoms with van der Waals surface area (Å²) in [6.45, 7) is 10.8. The van der Waals surface area contributed by atoms with E-state index in [4.69, 9.17) is 4.98 Å². The molecule has 0 aromatic carbocycles. The smallest absolute Gasteiger partial charge is 0.129 e. The lowest BCUT2D eigenvalue weighted by Crippen LogP contribution is -2.31. The van der Waals surface area contributed by atoms with Crippen molar-refractivity contribution in [3.05, 3.63) is 23.4 Å². The molecule has 0 amide bonds. The molecule has 112 valence electrons. The van der Waals surface area contributed by atoms with Gasteiger partial charge in [-0.3, -0.25) is 0 Å². The standard InChI is InChI=1S/C17H29N3/c1-6-18-11-14-9-16(12(2)3)19-17(10-14)20(5)13(4)15-7-8-15/h9-10,12-13,15,18H,6-8,11H2,1-5H3. The highest BCUT2D eigenvalue weighted by Gasteiger charge is 2.31. The average Bonchev–Trinajstić information content (AvgIpc) is 3.27. The van der Waals surface area contributed by atoms with Crippen LogP contribution in [0, 0.1) is 5.92 Å². The van der Waals surface area contributed by atoms with Gasteiger partial charge in [-0.1, -0.05) is 20.8 Å². The van der Waals surface area contributed by atoms with Crippen molar-refractivity contribution in [3.63, 3.8) is 0 Å². The van der Waals surface area contributed by atoms with Crippen LogP contribution in [0.15, 0.2) is 12.1 Å². The lowest BCUT2D eigenvalue weighted by atomic mass is 10.1. The second-order valence-corrected chi connectivity index (χ2v) is 6.38. The third kappa shape index (κ3) is 3.72. The molecule has 0 radical (unpaired) electrons. The highest BCUT2D eigenvalue weighted by atomic mass is 15.2. The molecule has 3 nitrogen and oxygen atoms in total. The average molecular weight is 275 g/mol. The number of hydrogen-bond donors (Lipinski definition) is 1. The van der Waals surface area contributed by atoms with E-state index in [0.717, 1.165) is 24.8 Å². The van der Waals surface area contributed by atoms with E-state index in [2.05, 4.69) is 57.1 Å². The van der Waals surface area contributed by atoms with Gasteiger partial charge in [0, 0.05) is 25.3 Å². The maximum atomic E-state index is 4.87. The molecule has 0 aliphatic heterocycles. The Morgan fingerprint density at radius 1 is 1.30 bits per heavy atom. The van der Waals surface area contributed by atoms with Gasteiger partial charge in [0.15, 0.2) is 0 Å². The Bertz CT molecular complexity index is 438. The summed E-state index contributed by atoms with van der Waals surface area (Å²) in [7, 11) is 2.19. The highest BCUT2D eigenvalue weighted by Crippen LogP contribution is 2.36. The first-order chi connectivity index (χ1) is 9.52. The molecule has 1 N–H and O–H groups in total. The Morgan fingerprint density at radius 2 is 2.00 bits per heavy atom. The normalized spacial score (nSPS) is 16.5. The monoisotopic (exact) mass is 275 g/mol. The van der Waals surface area contributed by atoms with Gasteiger partial charge < -0.3 is 10.2 Å². The van der Waals surface area contributed by atoms with Gasteiger partial charge in [-0.2, -0.15) is 0 Å². The van der Waals surface area contributed by atoms with E-state index in [1.165, 1.54) is 24.1 Å². The molecule has 0 spiro atoms. The Kier molecular flexibility index (Phi) is 5.03. The van der Waals surface area contributed by atoms with Gasteiger partial charge >= 0.3 is 0 Å². The summed E-state index contributed by atoms with van der Waals surface area (Å²) in [5, 5.41) is 3.41. The molecule has 1 fully saturated rings. The fourth-order valence-electron chi connectivity index (χ4n) is 2.55. The van der Waals surface area contributed by atoms with Crippen LogP contribution >= 0.6 is 0 Å². The SMILES string of the molecule is CCNCc1cc(C(C)C)nc(N(C)C(C)C2CC2)c1. The minimum atomic E-state index is 0.472. The molecule has 0 saturated heterocycles. The topological polar surface area (TPSA) is 28.2 Å². The fraction of sp³-hybridized carbons (Fsp3) is 0.706. The van der Waals surface area contributed by atoms with Gasteiger partial charge in [0.25, 0.3) is 0 Å². The zero-order chi connectivity index (χ0) is 14.7. The van der Waals surface area contributed by atoms with Crippen LogP contribution in [0.4, 0.5) is 5.82 Å². The second-order valence-electron chi connectivity index (χ2n) is 6.38. The molecule has 3 heteroatoms. The molecule has 1 aliphatic rings. The van der Waals surface area contributed by atoms with Crippen molar-refractivity contribution in [2.75, 3.05) is 18.5 Å². The zero-order valence-electron chi connectivity index (χ0n) is 13.6. The second kappa shape index (κ2) is 6.57. The van der Waals surface area contributed by atoms with Crippen LogP contribution in [0.1, 0.15) is 57.7 Å². The first-order valence-corrected chi connectivity index (χ1v) is 7.97. The molecule has 1 aliphatic carbocycles. The highest BCUT2D eigenvalue weighted by molar-refractivity contribution is 5.44. The minimum absolute atomic E-state index is 0.472. The number of pyridine rings is 1. The Balaban J connectivity index is 2.22. The predicted molar refractivity (Wildman–Crippen MR) is 86.3 cm³/mol. The lowest BCUT2D eigenvalue weighted by molar-refractivity contribution is 0.601. The number of nitrogens with zero attached hydrogens (tertiary/aromatic N) is 2. The van der Waals surface area contributed by atoms with Crippen LogP contribution in [-0.2, 0) is 6.54 Å². The summed E-state index contributed by atoms with van der Waals surface area (Å²) >= 11 is 0. The van der Waals surface area contributed by atoms with Crippen molar-refractivity contribution in [2.45, 2.75) is 59.0 Å². The first kappa shape index (κ1) is 15.3. The third-order valence-corrected chi connectivity index (χ3v) is 4.34. The van der Waals surface area contributed by atoms with E-state index in [-0.39, 0.29) is 0 Å². The first-order valence-electron chi connectivity index (χ1n) is 7.97. The molecule has 1 aromatic rings. The predicted octanol–water partition coefficient (Wildman–Crippen LogP) is 3.55. The summed E-state index contributed by atoms with van der Waals surface area (Å²) in [6, 6.07) is 5.08. The summed E-state index contributed by atoms with van der Waals surface area (Å²) < 4.78 is 0. The molecular formula is C17H29N3. The number of hydrogen-bond acceptors (Lipinski definition) is 3. The number of aromatic nitrogens is 1. The van der Waals surface area contributed by atoms with Gasteiger partial charge in [-0.05, 0) is 55.8 Å². The van der Waals surface area contributed by atoms with Crippen molar-refractivity contribution in [1.82, 2.24) is 10.3 Å². The number of anilines is 1. The van der Waals surface area contributed by atoms with E-state index < -0.39 is 0 Å². The van der Waals surface area contributed by atoms with Crippen LogP contribution < -0.4 is 10.2 Å². The molecular weight excluding hydrogens is 246 g/mol. The van der Waals surface area contributed by atoms with E-state index in [0.29, 0.717) is 12.0 Å². The van der Waals surface area contributed by atoms with Gasteiger partial charge in [0.05, 0.1) is 0 Å². The van der Waals surface area contributed by atoms with E-state index in [1.54, 1.807) is 0 Å². The van der Waals surface area contributed by atoms with Crippen molar-refractivity contribution in [3.8, 4) is 0 Å². The molecule has 1 saturated carbocycles.